The van der Waals surface area contributed by atoms with E-state index in [0.29, 0.717) is 12.8 Å². The number of carbonyl (C=O) groups is 1. The molecule has 0 spiro atoms. The first-order valence-corrected chi connectivity index (χ1v) is 5.42. The van der Waals surface area contributed by atoms with E-state index in [1.807, 2.05) is 0 Å². The Morgan fingerprint density at radius 3 is 2.00 bits per heavy atom. The lowest BCUT2D eigenvalue weighted by molar-refractivity contribution is -0.147. The number of rotatable bonds is 9. The van der Waals surface area contributed by atoms with Gasteiger partial charge in [-0.3, -0.25) is 4.79 Å². The summed E-state index contributed by atoms with van der Waals surface area (Å²) in [6.07, 6.45) is -6.36. The highest BCUT2D eigenvalue weighted by atomic mass is 16.4. The van der Waals surface area contributed by atoms with E-state index in [1.54, 1.807) is 0 Å². The van der Waals surface area contributed by atoms with Gasteiger partial charge in [-0.1, -0.05) is 0 Å². The van der Waals surface area contributed by atoms with Crippen LogP contribution in [0.1, 0.15) is 19.3 Å². The van der Waals surface area contributed by atoms with Crippen molar-refractivity contribution in [2.75, 3.05) is 13.2 Å². The van der Waals surface area contributed by atoms with Crippen molar-refractivity contribution in [1.29, 1.82) is 0 Å². The van der Waals surface area contributed by atoms with Gasteiger partial charge < -0.3 is 30.6 Å². The Labute approximate surface area is 99.0 Å². The number of aliphatic hydroxyl groups excluding tert-OH is 6. The third-order valence-corrected chi connectivity index (χ3v) is 2.42. The standard InChI is InChI=1S/C10H20O7/c11-4-2-1-3-6(13)8(15)10(17)9(16)7(14)5-12/h7-12,14-17H,1-5H2/t7-,8-,9-,10-/m1/s1. The van der Waals surface area contributed by atoms with Crippen LogP contribution in [0, 0.1) is 0 Å². The third kappa shape index (κ3) is 5.53. The highest BCUT2D eigenvalue weighted by molar-refractivity contribution is 5.83. The zero-order valence-corrected chi connectivity index (χ0v) is 9.44. The molecule has 0 aliphatic carbocycles. The Morgan fingerprint density at radius 2 is 1.53 bits per heavy atom. The molecule has 0 saturated carbocycles. The van der Waals surface area contributed by atoms with Crippen LogP contribution in [-0.2, 0) is 4.79 Å². The third-order valence-electron chi connectivity index (χ3n) is 2.42. The molecular weight excluding hydrogens is 232 g/mol. The predicted octanol–water partition coefficient (Wildman–Crippen LogP) is -2.85. The second kappa shape index (κ2) is 8.51. The molecule has 17 heavy (non-hydrogen) atoms. The SMILES string of the molecule is O=C(CCCCO)[C@@H](O)[C@@H](O)[C@H](O)[C@H](O)CO. The summed E-state index contributed by atoms with van der Waals surface area (Å²) < 4.78 is 0. The highest BCUT2D eigenvalue weighted by Gasteiger charge is 2.33. The maximum atomic E-state index is 11.3. The molecule has 0 bridgehead atoms. The Hall–Kier alpha value is -0.570. The summed E-state index contributed by atoms with van der Waals surface area (Å²) in [5.41, 5.74) is 0. The molecule has 0 saturated heterocycles. The molecule has 7 nitrogen and oxygen atoms in total. The van der Waals surface area contributed by atoms with Gasteiger partial charge in [-0.05, 0) is 12.8 Å². The van der Waals surface area contributed by atoms with Gasteiger partial charge in [0.25, 0.3) is 0 Å². The van der Waals surface area contributed by atoms with E-state index in [4.69, 9.17) is 15.3 Å². The summed E-state index contributed by atoms with van der Waals surface area (Å²) in [5.74, 6) is -0.685. The number of aliphatic hydroxyl groups is 6. The van der Waals surface area contributed by atoms with Gasteiger partial charge in [-0.15, -0.1) is 0 Å². The number of hydrogen-bond acceptors (Lipinski definition) is 7. The molecule has 0 aliphatic rings. The predicted molar refractivity (Wildman–Crippen MR) is 57.1 cm³/mol. The summed E-state index contributed by atoms with van der Waals surface area (Å²) in [5, 5.41) is 54.1. The minimum atomic E-state index is -1.85. The summed E-state index contributed by atoms with van der Waals surface area (Å²) in [4.78, 5) is 11.3. The average Bonchev–Trinajstić information content (AvgIpc) is 2.35. The molecule has 4 atom stereocenters. The van der Waals surface area contributed by atoms with Crippen LogP contribution in [0.25, 0.3) is 0 Å². The van der Waals surface area contributed by atoms with Crippen LogP contribution >= 0.6 is 0 Å². The van der Waals surface area contributed by atoms with Crippen LogP contribution < -0.4 is 0 Å². The molecule has 0 aromatic rings. The molecule has 0 aromatic carbocycles. The lowest BCUT2D eigenvalue weighted by Crippen LogP contribution is -2.48. The van der Waals surface area contributed by atoms with Crippen LogP contribution in [0.3, 0.4) is 0 Å². The molecule has 6 N–H and O–H groups in total. The van der Waals surface area contributed by atoms with Crippen LogP contribution in [-0.4, -0.2) is 74.1 Å². The fraction of sp³-hybridized carbons (Fsp3) is 0.900. The molecule has 0 unspecified atom stereocenters. The number of hydrogen-bond donors (Lipinski definition) is 6. The summed E-state index contributed by atoms with van der Waals surface area (Å²) in [6, 6.07) is 0. The molecule has 0 fully saturated rings. The highest BCUT2D eigenvalue weighted by Crippen LogP contribution is 2.09. The van der Waals surface area contributed by atoms with Gasteiger partial charge in [-0.2, -0.15) is 0 Å². The summed E-state index contributed by atoms with van der Waals surface area (Å²) in [7, 11) is 0. The normalized spacial score (nSPS) is 18.5. The van der Waals surface area contributed by atoms with Crippen LogP contribution in [0.5, 0.6) is 0 Å². The monoisotopic (exact) mass is 252 g/mol. The Morgan fingerprint density at radius 1 is 0.941 bits per heavy atom. The molecule has 7 heteroatoms. The van der Waals surface area contributed by atoms with E-state index in [0.717, 1.165) is 0 Å². The van der Waals surface area contributed by atoms with Crippen molar-refractivity contribution in [2.45, 2.75) is 43.7 Å². The maximum Gasteiger partial charge on any atom is 0.164 e. The zero-order chi connectivity index (χ0) is 13.4. The molecule has 0 rings (SSSR count). The largest absolute Gasteiger partial charge is 0.396 e. The number of Topliss-reactive ketones (excluding diaryl/α,β-unsaturated/α-hetero) is 1. The summed E-state index contributed by atoms with van der Waals surface area (Å²) >= 11 is 0. The molecule has 0 heterocycles. The number of unbranched alkanes of at least 4 members (excludes halogenated alkanes) is 1. The second-order valence-electron chi connectivity index (χ2n) is 3.82. The van der Waals surface area contributed by atoms with Gasteiger partial charge in [0, 0.05) is 13.0 Å². The van der Waals surface area contributed by atoms with Gasteiger partial charge in [0.2, 0.25) is 0 Å². The topological polar surface area (TPSA) is 138 Å². The quantitative estimate of drug-likeness (QED) is 0.243. The molecule has 0 aromatic heterocycles. The van der Waals surface area contributed by atoms with E-state index in [9.17, 15) is 20.1 Å². The van der Waals surface area contributed by atoms with Crippen molar-refractivity contribution < 1.29 is 35.4 Å². The van der Waals surface area contributed by atoms with E-state index >= 15 is 0 Å². The molecule has 0 amide bonds. The van der Waals surface area contributed by atoms with Crippen molar-refractivity contribution in [3.05, 3.63) is 0 Å². The first-order valence-electron chi connectivity index (χ1n) is 5.42. The van der Waals surface area contributed by atoms with Crippen molar-refractivity contribution >= 4 is 5.78 Å². The Kier molecular flexibility index (Phi) is 8.23. The summed E-state index contributed by atoms with van der Waals surface area (Å²) in [6.45, 7) is -0.860. The fourth-order valence-corrected chi connectivity index (χ4v) is 1.27. The molecule has 102 valence electrons. The minimum Gasteiger partial charge on any atom is -0.396 e. The van der Waals surface area contributed by atoms with Gasteiger partial charge in [-0.25, -0.2) is 0 Å². The van der Waals surface area contributed by atoms with Crippen molar-refractivity contribution in [3.8, 4) is 0 Å². The number of carbonyl (C=O) groups excluding carboxylic acids is 1. The Bertz CT molecular complexity index is 221. The van der Waals surface area contributed by atoms with Crippen LogP contribution in [0.4, 0.5) is 0 Å². The molecule has 0 radical (unpaired) electrons. The van der Waals surface area contributed by atoms with Crippen molar-refractivity contribution in [2.24, 2.45) is 0 Å². The number of ketones is 1. The molecule has 0 aliphatic heterocycles. The van der Waals surface area contributed by atoms with Crippen LogP contribution in [0.15, 0.2) is 0 Å². The lowest BCUT2D eigenvalue weighted by Gasteiger charge is -2.24. The van der Waals surface area contributed by atoms with E-state index in [1.165, 1.54) is 0 Å². The fourth-order valence-electron chi connectivity index (χ4n) is 1.27. The Balaban J connectivity index is 4.18. The van der Waals surface area contributed by atoms with Gasteiger partial charge >= 0.3 is 0 Å². The van der Waals surface area contributed by atoms with Gasteiger partial charge in [0.15, 0.2) is 5.78 Å². The first kappa shape index (κ1) is 16.4. The van der Waals surface area contributed by atoms with E-state index in [2.05, 4.69) is 0 Å². The lowest BCUT2D eigenvalue weighted by atomic mass is 9.98. The van der Waals surface area contributed by atoms with E-state index < -0.39 is 36.8 Å². The minimum absolute atomic E-state index is 0.0409. The first-order chi connectivity index (χ1) is 7.95. The second-order valence-corrected chi connectivity index (χ2v) is 3.82. The smallest absolute Gasteiger partial charge is 0.164 e. The van der Waals surface area contributed by atoms with Gasteiger partial charge in [0.05, 0.1) is 6.61 Å². The van der Waals surface area contributed by atoms with Crippen LogP contribution in [0.2, 0.25) is 0 Å². The maximum absolute atomic E-state index is 11.3. The van der Waals surface area contributed by atoms with E-state index in [-0.39, 0.29) is 13.0 Å². The molecular formula is C10H20O7. The van der Waals surface area contributed by atoms with Crippen molar-refractivity contribution in [3.63, 3.8) is 0 Å². The average molecular weight is 252 g/mol. The van der Waals surface area contributed by atoms with Crippen molar-refractivity contribution in [1.82, 2.24) is 0 Å². The zero-order valence-electron chi connectivity index (χ0n) is 9.44. The van der Waals surface area contributed by atoms with Gasteiger partial charge in [0.1, 0.15) is 24.4 Å².